The number of carbonyl (C=O) groups is 2. The van der Waals surface area contributed by atoms with Gasteiger partial charge in [-0.05, 0) is 56.2 Å². The highest BCUT2D eigenvalue weighted by Crippen LogP contribution is 2.34. The molecule has 4 rings (SSSR count). The Labute approximate surface area is 197 Å². The number of hydrogen-bond acceptors (Lipinski definition) is 6. The molecule has 1 fully saturated rings. The van der Waals surface area contributed by atoms with E-state index in [1.165, 1.54) is 31.2 Å². The maximum Gasteiger partial charge on any atom is 0.241 e. The number of hydrogen-bond donors (Lipinski definition) is 2. The molecule has 176 valence electrons. The van der Waals surface area contributed by atoms with Crippen LogP contribution in [0.4, 0.5) is 5.69 Å². The number of ether oxygens (including phenoxy) is 2. The van der Waals surface area contributed by atoms with Crippen LogP contribution in [0, 0.1) is 5.92 Å². The molecule has 1 atom stereocenters. The SMILES string of the molecule is C[C@@H](NS(=O)(=O)c1ccc(Cl)cc1)C(=O)N1CCC(C(=O)Nc2ccc3c(c2)OCO3)CC1. The minimum atomic E-state index is -3.86. The summed E-state index contributed by atoms with van der Waals surface area (Å²) >= 11 is 5.81. The molecule has 2 amide bonds. The molecule has 0 radical (unpaired) electrons. The average Bonchev–Trinajstić information content (AvgIpc) is 3.26. The quantitative estimate of drug-likeness (QED) is 0.639. The number of benzene rings is 2. The third kappa shape index (κ3) is 5.40. The van der Waals surface area contributed by atoms with Crippen LogP contribution in [0.1, 0.15) is 19.8 Å². The fourth-order valence-corrected chi connectivity index (χ4v) is 5.14. The van der Waals surface area contributed by atoms with E-state index in [4.69, 9.17) is 21.1 Å². The van der Waals surface area contributed by atoms with Gasteiger partial charge in [0, 0.05) is 35.8 Å². The topological polar surface area (TPSA) is 114 Å². The zero-order valence-electron chi connectivity index (χ0n) is 17.9. The van der Waals surface area contributed by atoms with E-state index in [0.717, 1.165) is 0 Å². The maximum atomic E-state index is 12.8. The lowest BCUT2D eigenvalue weighted by Crippen LogP contribution is -2.50. The summed E-state index contributed by atoms with van der Waals surface area (Å²) in [5, 5.41) is 3.30. The van der Waals surface area contributed by atoms with Crippen LogP contribution >= 0.6 is 11.6 Å². The van der Waals surface area contributed by atoms with Crippen molar-refractivity contribution < 1.29 is 27.5 Å². The van der Waals surface area contributed by atoms with Crippen LogP contribution in [0.3, 0.4) is 0 Å². The second kappa shape index (κ2) is 9.58. The number of anilines is 1. The molecule has 0 unspecified atom stereocenters. The summed E-state index contributed by atoms with van der Waals surface area (Å²) in [4.78, 5) is 27.1. The van der Waals surface area contributed by atoms with Crippen LogP contribution in [0.5, 0.6) is 11.5 Å². The lowest BCUT2D eigenvalue weighted by Gasteiger charge is -2.33. The van der Waals surface area contributed by atoms with Crippen molar-refractivity contribution in [2.45, 2.75) is 30.7 Å². The van der Waals surface area contributed by atoms with Crippen LogP contribution in [0.2, 0.25) is 5.02 Å². The summed E-state index contributed by atoms with van der Waals surface area (Å²) < 4.78 is 38.1. The first-order valence-corrected chi connectivity index (χ1v) is 12.4. The highest BCUT2D eigenvalue weighted by atomic mass is 35.5. The van der Waals surface area contributed by atoms with Gasteiger partial charge >= 0.3 is 0 Å². The Bertz CT molecular complexity index is 1150. The predicted octanol–water partition coefficient (Wildman–Crippen LogP) is 2.61. The lowest BCUT2D eigenvalue weighted by molar-refractivity contribution is -0.135. The number of likely N-dealkylation sites (tertiary alicyclic amines) is 1. The molecule has 0 saturated carbocycles. The van der Waals surface area contributed by atoms with Crippen molar-refractivity contribution in [2.24, 2.45) is 5.92 Å². The zero-order valence-corrected chi connectivity index (χ0v) is 19.5. The Morgan fingerprint density at radius 3 is 2.42 bits per heavy atom. The summed E-state index contributed by atoms with van der Waals surface area (Å²) in [6.07, 6.45) is 0.970. The number of amides is 2. The van der Waals surface area contributed by atoms with Gasteiger partial charge in [0.2, 0.25) is 28.6 Å². The van der Waals surface area contributed by atoms with Gasteiger partial charge in [-0.25, -0.2) is 8.42 Å². The Morgan fingerprint density at radius 2 is 1.73 bits per heavy atom. The molecule has 2 aromatic rings. The molecular weight excluding hydrogens is 470 g/mol. The van der Waals surface area contributed by atoms with Crippen LogP contribution in [0.25, 0.3) is 0 Å². The molecule has 9 nitrogen and oxygen atoms in total. The number of rotatable bonds is 6. The lowest BCUT2D eigenvalue weighted by atomic mass is 9.95. The first kappa shape index (κ1) is 23.3. The number of nitrogens with one attached hydrogen (secondary N) is 2. The largest absolute Gasteiger partial charge is 0.454 e. The van der Waals surface area contributed by atoms with E-state index < -0.39 is 16.1 Å². The van der Waals surface area contributed by atoms with E-state index in [1.54, 1.807) is 23.1 Å². The number of piperidine rings is 1. The molecule has 0 aromatic heterocycles. The van der Waals surface area contributed by atoms with E-state index >= 15 is 0 Å². The summed E-state index contributed by atoms with van der Waals surface area (Å²) in [5.74, 6) is 0.518. The molecule has 1 saturated heterocycles. The highest BCUT2D eigenvalue weighted by molar-refractivity contribution is 7.89. The molecule has 0 aliphatic carbocycles. The molecule has 33 heavy (non-hydrogen) atoms. The van der Waals surface area contributed by atoms with Crippen molar-refractivity contribution in [2.75, 3.05) is 25.2 Å². The summed E-state index contributed by atoms with van der Waals surface area (Å²) in [5.41, 5.74) is 0.619. The van der Waals surface area contributed by atoms with E-state index in [2.05, 4.69) is 10.0 Å². The highest BCUT2D eigenvalue weighted by Gasteiger charge is 2.31. The molecule has 2 aromatic carbocycles. The first-order chi connectivity index (χ1) is 15.7. The van der Waals surface area contributed by atoms with Crippen LogP contribution in [-0.2, 0) is 19.6 Å². The Kier molecular flexibility index (Phi) is 6.78. The van der Waals surface area contributed by atoms with Gasteiger partial charge in [-0.2, -0.15) is 4.72 Å². The molecule has 2 heterocycles. The smallest absolute Gasteiger partial charge is 0.241 e. The first-order valence-electron chi connectivity index (χ1n) is 10.5. The molecule has 11 heteroatoms. The molecule has 2 N–H and O–H groups in total. The van der Waals surface area contributed by atoms with E-state index in [0.29, 0.717) is 48.1 Å². The minimum absolute atomic E-state index is 0.0328. The van der Waals surface area contributed by atoms with E-state index in [9.17, 15) is 18.0 Å². The maximum absolute atomic E-state index is 12.8. The number of halogens is 1. The monoisotopic (exact) mass is 493 g/mol. The number of sulfonamides is 1. The molecule has 2 aliphatic rings. The molecule has 0 spiro atoms. The zero-order chi connectivity index (χ0) is 23.6. The number of carbonyl (C=O) groups excluding carboxylic acids is 2. The van der Waals surface area contributed by atoms with E-state index in [1.807, 2.05) is 0 Å². The second-order valence-corrected chi connectivity index (χ2v) is 10.1. The number of fused-ring (bicyclic) bond motifs is 1. The fraction of sp³-hybridized carbons (Fsp3) is 0.364. The van der Waals surface area contributed by atoms with Gasteiger partial charge < -0.3 is 19.7 Å². The van der Waals surface area contributed by atoms with Crippen molar-refractivity contribution in [3.63, 3.8) is 0 Å². The molecule has 0 bridgehead atoms. The Balaban J connectivity index is 1.29. The van der Waals surface area contributed by atoms with Gasteiger partial charge in [-0.3, -0.25) is 9.59 Å². The van der Waals surface area contributed by atoms with Crippen molar-refractivity contribution in [1.82, 2.24) is 9.62 Å². The molecule has 2 aliphatic heterocycles. The summed E-state index contributed by atoms with van der Waals surface area (Å²) in [6.45, 7) is 2.40. The molecular formula is C22H24ClN3O6S. The van der Waals surface area contributed by atoms with Crippen LogP contribution in [-0.4, -0.2) is 51.1 Å². The van der Waals surface area contributed by atoms with Crippen LogP contribution < -0.4 is 19.5 Å². The van der Waals surface area contributed by atoms with Crippen molar-refractivity contribution in [1.29, 1.82) is 0 Å². The normalized spacial score (nSPS) is 17.0. The third-order valence-electron chi connectivity index (χ3n) is 5.64. The van der Waals surface area contributed by atoms with Gasteiger partial charge in [-0.15, -0.1) is 0 Å². The fourth-order valence-electron chi connectivity index (χ4n) is 3.82. The van der Waals surface area contributed by atoms with Crippen molar-refractivity contribution in [3.8, 4) is 11.5 Å². The van der Waals surface area contributed by atoms with E-state index in [-0.39, 0.29) is 29.4 Å². The summed E-state index contributed by atoms with van der Waals surface area (Å²) in [7, 11) is -3.86. The predicted molar refractivity (Wildman–Crippen MR) is 122 cm³/mol. The minimum Gasteiger partial charge on any atom is -0.454 e. The van der Waals surface area contributed by atoms with Gasteiger partial charge in [0.15, 0.2) is 11.5 Å². The van der Waals surface area contributed by atoms with Crippen LogP contribution in [0.15, 0.2) is 47.4 Å². The van der Waals surface area contributed by atoms with Crippen molar-refractivity contribution in [3.05, 3.63) is 47.5 Å². The second-order valence-electron chi connectivity index (χ2n) is 7.95. The standard InChI is InChI=1S/C22H24ClN3O6S/c1-14(25-33(29,30)18-5-2-16(23)3-6-18)22(28)26-10-8-15(9-11-26)21(27)24-17-4-7-19-20(12-17)32-13-31-19/h2-7,12,14-15,25H,8-11,13H2,1H3,(H,24,27)/t14-/m1/s1. The Hall–Kier alpha value is -2.82. The van der Waals surface area contributed by atoms with Crippen molar-refractivity contribution >= 4 is 39.1 Å². The van der Waals surface area contributed by atoms with Gasteiger partial charge in [0.05, 0.1) is 10.9 Å². The van der Waals surface area contributed by atoms with Gasteiger partial charge in [-0.1, -0.05) is 11.6 Å². The summed E-state index contributed by atoms with van der Waals surface area (Å²) in [6, 6.07) is 9.98. The average molecular weight is 494 g/mol. The number of nitrogens with zero attached hydrogens (tertiary/aromatic N) is 1. The van der Waals surface area contributed by atoms with Gasteiger partial charge in [0.1, 0.15) is 0 Å². The Morgan fingerprint density at radius 1 is 1.06 bits per heavy atom. The van der Waals surface area contributed by atoms with Gasteiger partial charge in [0.25, 0.3) is 0 Å². The third-order valence-corrected chi connectivity index (χ3v) is 7.45.